The van der Waals surface area contributed by atoms with E-state index in [0.29, 0.717) is 13.0 Å². The van der Waals surface area contributed by atoms with Gasteiger partial charge in [-0.15, -0.1) is 0 Å². The molecule has 5 nitrogen and oxygen atoms in total. The van der Waals surface area contributed by atoms with Crippen molar-refractivity contribution < 1.29 is 18.8 Å². The molecular formula is C16H31NO4Si. The second-order valence-electron chi connectivity index (χ2n) is 8.60. The highest BCUT2D eigenvalue weighted by Gasteiger charge is 2.41. The van der Waals surface area contributed by atoms with Gasteiger partial charge in [0, 0.05) is 13.0 Å². The van der Waals surface area contributed by atoms with Gasteiger partial charge in [0.2, 0.25) is 0 Å². The molecule has 0 bridgehead atoms. The first-order chi connectivity index (χ1) is 9.71. The van der Waals surface area contributed by atoms with Crippen molar-refractivity contribution in [2.24, 2.45) is 0 Å². The average Bonchev–Trinajstić information content (AvgIpc) is 2.23. The lowest BCUT2D eigenvalue weighted by Gasteiger charge is -2.42. The summed E-state index contributed by atoms with van der Waals surface area (Å²) in [4.78, 5) is 25.6. The molecule has 0 saturated carbocycles. The third-order valence-electron chi connectivity index (χ3n) is 4.17. The first kappa shape index (κ1) is 19.2. The van der Waals surface area contributed by atoms with Crippen molar-refractivity contribution in [1.29, 1.82) is 0 Å². The Labute approximate surface area is 135 Å². The van der Waals surface area contributed by atoms with Crippen LogP contribution in [0.3, 0.4) is 0 Å². The molecule has 0 radical (unpaired) electrons. The molecule has 0 aliphatic carbocycles. The minimum Gasteiger partial charge on any atom is -0.444 e. The van der Waals surface area contributed by atoms with Gasteiger partial charge in [0.15, 0.2) is 14.1 Å². The van der Waals surface area contributed by atoms with Gasteiger partial charge in [-0.2, -0.15) is 0 Å². The molecule has 1 rings (SSSR count). The minimum absolute atomic E-state index is 0.0285. The van der Waals surface area contributed by atoms with Crippen LogP contribution in [0.25, 0.3) is 0 Å². The summed E-state index contributed by atoms with van der Waals surface area (Å²) in [7, 11) is -1.96. The van der Waals surface area contributed by atoms with E-state index in [0.717, 1.165) is 0 Å². The van der Waals surface area contributed by atoms with Crippen LogP contribution >= 0.6 is 0 Å². The lowest BCUT2D eigenvalue weighted by atomic mass is 10.1. The maximum Gasteiger partial charge on any atom is 0.410 e. The summed E-state index contributed by atoms with van der Waals surface area (Å²) in [6, 6.07) is 0. The largest absolute Gasteiger partial charge is 0.444 e. The van der Waals surface area contributed by atoms with Crippen LogP contribution in [0.2, 0.25) is 18.1 Å². The van der Waals surface area contributed by atoms with E-state index in [2.05, 4.69) is 33.9 Å². The normalized spacial score (nSPS) is 21.0. The van der Waals surface area contributed by atoms with Crippen LogP contribution in [0, 0.1) is 0 Å². The van der Waals surface area contributed by atoms with Crippen molar-refractivity contribution in [2.45, 2.75) is 77.8 Å². The van der Waals surface area contributed by atoms with Crippen molar-refractivity contribution in [3.63, 3.8) is 0 Å². The van der Waals surface area contributed by atoms with Crippen LogP contribution in [-0.4, -0.2) is 49.9 Å². The minimum atomic E-state index is -1.96. The van der Waals surface area contributed by atoms with Crippen molar-refractivity contribution in [3.8, 4) is 0 Å². The van der Waals surface area contributed by atoms with E-state index >= 15 is 0 Å². The van der Waals surface area contributed by atoms with E-state index in [1.807, 2.05) is 20.8 Å². The summed E-state index contributed by atoms with van der Waals surface area (Å²) >= 11 is 0. The maximum absolute atomic E-state index is 12.2. The Bertz CT molecular complexity index is 434. The SMILES string of the molecule is CC(C)(C)OC(=O)N1CC(=O)C[C@H](O[Si](C)(C)C(C)(C)C)C1. The Morgan fingerprint density at radius 3 is 2.18 bits per heavy atom. The van der Waals surface area contributed by atoms with Crippen molar-refractivity contribution in [1.82, 2.24) is 4.90 Å². The van der Waals surface area contributed by atoms with E-state index in [-0.39, 0.29) is 23.5 Å². The standard InChI is InChI=1S/C16H31NO4Si/c1-15(2,3)20-14(19)17-10-12(18)9-13(11-17)21-22(7,8)16(4,5)6/h13H,9-11H2,1-8H3/t13-/m0/s1. The van der Waals surface area contributed by atoms with Crippen molar-refractivity contribution in [2.75, 3.05) is 13.1 Å². The van der Waals surface area contributed by atoms with Crippen LogP contribution in [0.5, 0.6) is 0 Å². The van der Waals surface area contributed by atoms with Gasteiger partial charge in [0.05, 0.1) is 12.6 Å². The number of hydrogen-bond donors (Lipinski definition) is 0. The van der Waals surface area contributed by atoms with Crippen molar-refractivity contribution >= 4 is 20.2 Å². The maximum atomic E-state index is 12.2. The van der Waals surface area contributed by atoms with Gasteiger partial charge in [0.25, 0.3) is 0 Å². The third-order valence-corrected chi connectivity index (χ3v) is 8.70. The molecule has 1 heterocycles. The second kappa shape index (κ2) is 6.32. The Balaban J connectivity index is 2.76. The molecule has 1 saturated heterocycles. The van der Waals surface area contributed by atoms with Gasteiger partial charge in [-0.05, 0) is 38.9 Å². The Morgan fingerprint density at radius 2 is 1.73 bits per heavy atom. The molecule has 0 N–H and O–H groups in total. The number of carbonyl (C=O) groups excluding carboxylic acids is 2. The summed E-state index contributed by atoms with van der Waals surface area (Å²) in [5.41, 5.74) is -0.562. The van der Waals surface area contributed by atoms with E-state index in [4.69, 9.17) is 9.16 Å². The van der Waals surface area contributed by atoms with Crippen LogP contribution in [-0.2, 0) is 14.0 Å². The number of amides is 1. The van der Waals surface area contributed by atoms with Crippen molar-refractivity contribution in [3.05, 3.63) is 0 Å². The second-order valence-corrected chi connectivity index (χ2v) is 13.4. The zero-order valence-corrected chi connectivity index (χ0v) is 16.3. The highest BCUT2D eigenvalue weighted by Crippen LogP contribution is 2.38. The van der Waals surface area contributed by atoms with Crippen LogP contribution in [0.1, 0.15) is 48.0 Å². The zero-order chi connectivity index (χ0) is 17.3. The lowest BCUT2D eigenvalue weighted by Crippen LogP contribution is -2.53. The van der Waals surface area contributed by atoms with E-state index in [1.54, 1.807) is 0 Å². The average molecular weight is 330 g/mol. The molecule has 1 amide bonds. The highest BCUT2D eigenvalue weighted by atomic mass is 28.4. The molecule has 22 heavy (non-hydrogen) atoms. The number of Topliss-reactive ketones (excluding diaryl/α,β-unsaturated/α-hetero) is 1. The first-order valence-electron chi connectivity index (χ1n) is 7.89. The van der Waals surface area contributed by atoms with Gasteiger partial charge in [-0.3, -0.25) is 9.69 Å². The Kier molecular flexibility index (Phi) is 5.50. The quantitative estimate of drug-likeness (QED) is 0.727. The molecule has 6 heteroatoms. The molecule has 1 aliphatic heterocycles. The van der Waals surface area contributed by atoms with E-state index in [9.17, 15) is 9.59 Å². The number of ether oxygens (including phenoxy) is 1. The summed E-state index contributed by atoms with van der Waals surface area (Å²) in [5.74, 6) is 0.0285. The molecule has 0 unspecified atom stereocenters. The molecule has 1 aliphatic rings. The molecule has 0 aromatic rings. The number of piperidine rings is 1. The molecule has 0 aromatic heterocycles. The fourth-order valence-corrected chi connectivity index (χ4v) is 3.39. The van der Waals surface area contributed by atoms with Gasteiger partial charge in [-0.1, -0.05) is 20.8 Å². The van der Waals surface area contributed by atoms with Gasteiger partial charge in [-0.25, -0.2) is 4.79 Å². The van der Waals surface area contributed by atoms with Gasteiger partial charge in [0.1, 0.15) is 5.60 Å². The third kappa shape index (κ3) is 5.39. The molecule has 1 fully saturated rings. The fourth-order valence-electron chi connectivity index (χ4n) is 2.04. The highest BCUT2D eigenvalue weighted by molar-refractivity contribution is 6.74. The lowest BCUT2D eigenvalue weighted by molar-refractivity contribution is -0.125. The topological polar surface area (TPSA) is 55.8 Å². The van der Waals surface area contributed by atoms with Gasteiger partial charge < -0.3 is 9.16 Å². The predicted molar refractivity (Wildman–Crippen MR) is 89.5 cm³/mol. The number of nitrogens with zero attached hydrogens (tertiary/aromatic N) is 1. The Hall–Kier alpha value is -0.883. The molecular weight excluding hydrogens is 298 g/mol. The monoisotopic (exact) mass is 329 g/mol. The summed E-state index contributed by atoms with van der Waals surface area (Å²) < 4.78 is 11.7. The summed E-state index contributed by atoms with van der Waals surface area (Å²) in [6.45, 7) is 16.8. The fraction of sp³-hybridized carbons (Fsp3) is 0.875. The molecule has 0 spiro atoms. The molecule has 128 valence electrons. The smallest absolute Gasteiger partial charge is 0.410 e. The van der Waals surface area contributed by atoms with Crippen LogP contribution in [0.4, 0.5) is 4.79 Å². The number of likely N-dealkylation sites (tertiary alicyclic amines) is 1. The summed E-state index contributed by atoms with van der Waals surface area (Å²) in [6.07, 6.45) is -0.287. The number of carbonyl (C=O) groups is 2. The molecule has 1 atom stereocenters. The predicted octanol–water partition coefficient (Wildman–Crippen LogP) is 3.59. The first-order valence-corrected chi connectivity index (χ1v) is 10.8. The van der Waals surface area contributed by atoms with Crippen LogP contribution in [0.15, 0.2) is 0 Å². The zero-order valence-electron chi connectivity index (χ0n) is 15.3. The van der Waals surface area contributed by atoms with E-state index in [1.165, 1.54) is 4.90 Å². The van der Waals surface area contributed by atoms with E-state index < -0.39 is 20.0 Å². The summed E-state index contributed by atoms with van der Waals surface area (Å²) in [5, 5.41) is 0.0737. The van der Waals surface area contributed by atoms with Gasteiger partial charge >= 0.3 is 6.09 Å². The number of rotatable bonds is 2. The van der Waals surface area contributed by atoms with Crippen LogP contribution < -0.4 is 0 Å². The number of ketones is 1. The number of hydrogen-bond acceptors (Lipinski definition) is 4. The molecule has 0 aromatic carbocycles. The Morgan fingerprint density at radius 1 is 1.18 bits per heavy atom.